The summed E-state index contributed by atoms with van der Waals surface area (Å²) in [6, 6.07) is 19.3. The lowest BCUT2D eigenvalue weighted by atomic mass is 9.74. The molecule has 3 fully saturated rings. The standard InChI is InChI=1S/C25H27N3O3.C2HF3O2/c1-2-28-22(29)19-20(23(28)30)25(26-21(19)18-12-7-4-8-13-18)14-9-15-27(24(25)31)16-17-10-5-3-6-11-17;3-2(4,5)1(6)7/h3-8,10-13,19-21,26H,2,9,14-16H2,1H3;(H,6,7)/t19-,20-,21-,25-;/m1./s1. The Morgan fingerprint density at radius 2 is 1.61 bits per heavy atom. The molecule has 3 aliphatic heterocycles. The fraction of sp³-hybridized carbons (Fsp3) is 0.407. The normalized spacial score (nSPS) is 26.8. The van der Waals surface area contributed by atoms with Crippen LogP contribution in [0.25, 0.3) is 0 Å². The van der Waals surface area contributed by atoms with Crippen molar-refractivity contribution < 1.29 is 37.5 Å². The van der Waals surface area contributed by atoms with Gasteiger partial charge in [0.2, 0.25) is 17.7 Å². The number of alkyl halides is 3. The van der Waals surface area contributed by atoms with Gasteiger partial charge in [0, 0.05) is 25.7 Å². The zero-order valence-electron chi connectivity index (χ0n) is 20.6. The lowest BCUT2D eigenvalue weighted by molar-refractivity contribution is -0.192. The van der Waals surface area contributed by atoms with E-state index in [9.17, 15) is 27.6 Å². The van der Waals surface area contributed by atoms with E-state index in [1.165, 1.54) is 4.90 Å². The number of hydrogen-bond acceptors (Lipinski definition) is 5. The third-order valence-electron chi connectivity index (χ3n) is 7.35. The number of carbonyl (C=O) groups excluding carboxylic acids is 3. The SMILES string of the molecule is CCN1C(=O)[C@H]2[C@@H](c3ccccc3)N[C@]3(CCCN(Cc4ccccc4)C3=O)[C@H]2C1=O.O=C(O)C(F)(F)F. The summed E-state index contributed by atoms with van der Waals surface area (Å²) in [5.74, 6) is -4.39. The van der Waals surface area contributed by atoms with Gasteiger partial charge >= 0.3 is 12.1 Å². The molecule has 0 saturated carbocycles. The largest absolute Gasteiger partial charge is 0.490 e. The average molecular weight is 532 g/mol. The maximum Gasteiger partial charge on any atom is 0.490 e. The van der Waals surface area contributed by atoms with E-state index >= 15 is 0 Å². The van der Waals surface area contributed by atoms with E-state index in [0.29, 0.717) is 26.1 Å². The minimum Gasteiger partial charge on any atom is -0.475 e. The molecule has 0 bridgehead atoms. The van der Waals surface area contributed by atoms with Gasteiger partial charge in [0.1, 0.15) is 5.54 Å². The van der Waals surface area contributed by atoms with Gasteiger partial charge in [0.25, 0.3) is 0 Å². The molecular formula is C27H28F3N3O5. The minimum absolute atomic E-state index is 0.0601. The zero-order valence-corrected chi connectivity index (χ0v) is 20.6. The molecule has 3 aliphatic rings. The first-order valence-corrected chi connectivity index (χ1v) is 12.3. The van der Waals surface area contributed by atoms with E-state index in [-0.39, 0.29) is 23.8 Å². The van der Waals surface area contributed by atoms with Gasteiger partial charge in [-0.1, -0.05) is 60.7 Å². The van der Waals surface area contributed by atoms with Crippen LogP contribution in [0.15, 0.2) is 60.7 Å². The summed E-state index contributed by atoms with van der Waals surface area (Å²) >= 11 is 0. The highest BCUT2D eigenvalue weighted by Crippen LogP contribution is 2.51. The molecule has 3 heterocycles. The zero-order chi connectivity index (χ0) is 27.7. The summed E-state index contributed by atoms with van der Waals surface area (Å²) in [6.45, 7) is 3.32. The van der Waals surface area contributed by atoms with Crippen molar-refractivity contribution in [1.82, 2.24) is 15.1 Å². The lowest BCUT2D eigenvalue weighted by Gasteiger charge is -2.42. The predicted octanol–water partition coefficient (Wildman–Crippen LogP) is 3.15. The van der Waals surface area contributed by atoms with Crippen molar-refractivity contribution in [2.45, 2.75) is 44.1 Å². The number of nitrogens with one attached hydrogen (secondary N) is 1. The number of fused-ring (bicyclic) bond motifs is 2. The summed E-state index contributed by atoms with van der Waals surface area (Å²) in [7, 11) is 0. The fourth-order valence-corrected chi connectivity index (χ4v) is 5.74. The second-order valence-corrected chi connectivity index (χ2v) is 9.55. The first-order chi connectivity index (χ1) is 18.0. The van der Waals surface area contributed by atoms with Gasteiger partial charge in [-0.25, -0.2) is 4.79 Å². The molecule has 8 nitrogen and oxygen atoms in total. The summed E-state index contributed by atoms with van der Waals surface area (Å²) in [5.41, 5.74) is 0.974. The van der Waals surface area contributed by atoms with Crippen molar-refractivity contribution in [2.75, 3.05) is 13.1 Å². The van der Waals surface area contributed by atoms with Crippen molar-refractivity contribution >= 4 is 23.7 Å². The number of nitrogens with zero attached hydrogens (tertiary/aromatic N) is 2. The molecular weight excluding hydrogens is 503 g/mol. The number of carbonyl (C=O) groups is 4. The molecule has 3 amide bonds. The van der Waals surface area contributed by atoms with Gasteiger partial charge in [-0.2, -0.15) is 13.2 Å². The van der Waals surface area contributed by atoms with E-state index in [0.717, 1.165) is 17.5 Å². The first kappa shape index (κ1) is 27.3. The summed E-state index contributed by atoms with van der Waals surface area (Å²) in [6.07, 6.45) is -3.72. The Bertz CT molecular complexity index is 1210. The molecule has 5 rings (SSSR count). The molecule has 11 heteroatoms. The number of imide groups is 1. The van der Waals surface area contributed by atoms with Crippen LogP contribution >= 0.6 is 0 Å². The number of hydrogen-bond donors (Lipinski definition) is 2. The van der Waals surface area contributed by atoms with Crippen LogP contribution in [-0.4, -0.2) is 63.4 Å². The Labute approximate surface area is 217 Å². The Hall–Kier alpha value is -3.73. The molecule has 0 aliphatic carbocycles. The van der Waals surface area contributed by atoms with Crippen molar-refractivity contribution in [3.8, 4) is 0 Å². The quantitative estimate of drug-likeness (QED) is 0.588. The van der Waals surface area contributed by atoms with Crippen LogP contribution in [0, 0.1) is 11.8 Å². The van der Waals surface area contributed by atoms with Crippen LogP contribution in [0.2, 0.25) is 0 Å². The minimum atomic E-state index is -5.08. The Kier molecular flexibility index (Phi) is 7.59. The summed E-state index contributed by atoms with van der Waals surface area (Å²) in [4.78, 5) is 52.6. The third kappa shape index (κ3) is 4.90. The second-order valence-electron chi connectivity index (χ2n) is 9.55. The van der Waals surface area contributed by atoms with Crippen molar-refractivity contribution in [3.63, 3.8) is 0 Å². The summed E-state index contributed by atoms with van der Waals surface area (Å²) < 4.78 is 31.7. The smallest absolute Gasteiger partial charge is 0.475 e. The van der Waals surface area contributed by atoms with Crippen molar-refractivity contribution in [3.05, 3.63) is 71.8 Å². The topological polar surface area (TPSA) is 107 Å². The molecule has 3 saturated heterocycles. The maximum absolute atomic E-state index is 13.9. The van der Waals surface area contributed by atoms with Crippen LogP contribution in [-0.2, 0) is 25.7 Å². The molecule has 2 aromatic carbocycles. The van der Waals surface area contributed by atoms with Crippen LogP contribution in [0.5, 0.6) is 0 Å². The van der Waals surface area contributed by atoms with Gasteiger partial charge < -0.3 is 10.0 Å². The van der Waals surface area contributed by atoms with Crippen LogP contribution in [0.3, 0.4) is 0 Å². The van der Waals surface area contributed by atoms with Crippen molar-refractivity contribution in [2.24, 2.45) is 11.8 Å². The maximum atomic E-state index is 13.9. The number of carboxylic acid groups (broad SMARTS) is 1. The van der Waals surface area contributed by atoms with E-state index in [4.69, 9.17) is 9.90 Å². The van der Waals surface area contributed by atoms with Gasteiger partial charge in [-0.05, 0) is 30.9 Å². The Morgan fingerprint density at radius 3 is 2.16 bits per heavy atom. The molecule has 0 unspecified atom stereocenters. The number of aliphatic carboxylic acids is 1. The lowest BCUT2D eigenvalue weighted by Crippen LogP contribution is -2.63. The van der Waals surface area contributed by atoms with Gasteiger partial charge in [-0.15, -0.1) is 0 Å². The molecule has 0 radical (unpaired) electrons. The molecule has 2 aromatic rings. The number of amides is 3. The van der Waals surface area contributed by atoms with E-state index in [1.54, 1.807) is 0 Å². The number of likely N-dealkylation sites (tertiary alicyclic amines) is 2. The van der Waals surface area contributed by atoms with Gasteiger partial charge in [0.15, 0.2) is 0 Å². The molecule has 202 valence electrons. The molecule has 38 heavy (non-hydrogen) atoms. The highest BCUT2D eigenvalue weighted by atomic mass is 19.4. The first-order valence-electron chi connectivity index (χ1n) is 12.3. The van der Waals surface area contributed by atoms with Crippen LogP contribution in [0.1, 0.15) is 36.9 Å². The number of halogens is 3. The number of carboxylic acids is 1. The molecule has 4 atom stereocenters. The molecule has 1 spiro atoms. The molecule has 0 aromatic heterocycles. The molecule has 2 N–H and O–H groups in total. The van der Waals surface area contributed by atoms with E-state index in [2.05, 4.69) is 5.32 Å². The Balaban J connectivity index is 0.000000426. The van der Waals surface area contributed by atoms with Gasteiger partial charge in [-0.3, -0.25) is 24.6 Å². The second kappa shape index (κ2) is 10.6. The third-order valence-corrected chi connectivity index (χ3v) is 7.35. The average Bonchev–Trinajstić information content (AvgIpc) is 3.36. The predicted molar refractivity (Wildman–Crippen MR) is 129 cm³/mol. The Morgan fingerprint density at radius 1 is 1.03 bits per heavy atom. The monoisotopic (exact) mass is 531 g/mol. The van der Waals surface area contributed by atoms with E-state index in [1.807, 2.05) is 72.5 Å². The summed E-state index contributed by atoms with van der Waals surface area (Å²) in [5, 5.41) is 10.7. The van der Waals surface area contributed by atoms with Crippen molar-refractivity contribution in [1.29, 1.82) is 0 Å². The van der Waals surface area contributed by atoms with E-state index < -0.39 is 29.5 Å². The number of rotatable bonds is 4. The number of benzene rings is 2. The van der Waals surface area contributed by atoms with Crippen LogP contribution < -0.4 is 5.32 Å². The van der Waals surface area contributed by atoms with Gasteiger partial charge in [0.05, 0.1) is 11.8 Å². The fourth-order valence-electron chi connectivity index (χ4n) is 5.74. The van der Waals surface area contributed by atoms with Crippen LogP contribution in [0.4, 0.5) is 13.2 Å². The highest BCUT2D eigenvalue weighted by Gasteiger charge is 2.68. The highest BCUT2D eigenvalue weighted by molar-refractivity contribution is 6.10. The number of piperidine rings is 1.